The van der Waals surface area contributed by atoms with E-state index in [-0.39, 0.29) is 17.9 Å². The van der Waals surface area contributed by atoms with Crippen molar-refractivity contribution in [2.75, 3.05) is 18.2 Å². The second-order valence-electron chi connectivity index (χ2n) is 9.44. The molecule has 4 heterocycles. The molecule has 0 saturated heterocycles. The molecule has 4 aromatic rings. The molecule has 9 nitrogen and oxygen atoms in total. The molecule has 1 unspecified atom stereocenters. The van der Waals surface area contributed by atoms with Crippen LogP contribution in [0.25, 0.3) is 10.9 Å². The molecule has 1 atom stereocenters. The summed E-state index contributed by atoms with van der Waals surface area (Å²) in [5.41, 5.74) is 3.15. The molecule has 9 heteroatoms. The van der Waals surface area contributed by atoms with Crippen molar-refractivity contribution < 1.29 is 9.47 Å². The first-order chi connectivity index (χ1) is 16.5. The van der Waals surface area contributed by atoms with E-state index < -0.39 is 6.04 Å². The highest BCUT2D eigenvalue weighted by atomic mass is 16.7. The van der Waals surface area contributed by atoms with Gasteiger partial charge < -0.3 is 19.4 Å². The zero-order valence-corrected chi connectivity index (χ0v) is 19.4. The molecule has 2 aromatic carbocycles. The molecule has 0 spiro atoms. The van der Waals surface area contributed by atoms with Crippen molar-refractivity contribution in [2.45, 2.75) is 45.2 Å². The third-order valence-corrected chi connectivity index (χ3v) is 7.07. The topological polar surface area (TPSA) is 98.2 Å². The van der Waals surface area contributed by atoms with Gasteiger partial charge in [0.05, 0.1) is 11.1 Å². The highest BCUT2D eigenvalue weighted by molar-refractivity contribution is 5.83. The number of pyridine rings is 1. The number of hydrogen-bond acceptors (Lipinski definition) is 7. The Labute approximate surface area is 196 Å². The van der Waals surface area contributed by atoms with Crippen molar-refractivity contribution >= 4 is 16.6 Å². The van der Waals surface area contributed by atoms with E-state index in [1.165, 1.54) is 5.56 Å². The first-order valence-electron chi connectivity index (χ1n) is 11.6. The fraction of sp³-hybridized carbons (Fsp3) is 0.360. The largest absolute Gasteiger partial charge is 0.454 e. The zero-order valence-electron chi connectivity index (χ0n) is 19.4. The smallest absolute Gasteiger partial charge is 0.254 e. The van der Waals surface area contributed by atoms with Gasteiger partial charge in [-0.25, -0.2) is 4.68 Å². The summed E-state index contributed by atoms with van der Waals surface area (Å²) >= 11 is 0. The quantitative estimate of drug-likeness (QED) is 0.488. The van der Waals surface area contributed by atoms with Crippen molar-refractivity contribution in [2.24, 2.45) is 0 Å². The Morgan fingerprint density at radius 2 is 1.94 bits per heavy atom. The molecule has 2 aliphatic heterocycles. The van der Waals surface area contributed by atoms with Gasteiger partial charge in [-0.2, -0.15) is 0 Å². The van der Waals surface area contributed by atoms with Gasteiger partial charge in [-0.05, 0) is 60.9 Å². The summed E-state index contributed by atoms with van der Waals surface area (Å²) in [4.78, 5) is 18.8. The molecular weight excluding hydrogens is 432 g/mol. The van der Waals surface area contributed by atoms with E-state index in [2.05, 4.69) is 58.3 Å². The highest BCUT2D eigenvalue weighted by Crippen LogP contribution is 2.40. The molecule has 0 bridgehead atoms. The number of para-hydroxylation sites is 1. The molecule has 1 N–H and O–H groups in total. The van der Waals surface area contributed by atoms with Gasteiger partial charge in [0.2, 0.25) is 6.79 Å². The molecule has 0 radical (unpaired) electrons. The van der Waals surface area contributed by atoms with Crippen molar-refractivity contribution in [3.8, 4) is 11.5 Å². The molecule has 2 aliphatic rings. The maximum absolute atomic E-state index is 13.5. The van der Waals surface area contributed by atoms with E-state index >= 15 is 0 Å². The summed E-state index contributed by atoms with van der Waals surface area (Å²) in [6.45, 7) is 7.26. The molecule has 2 aromatic heterocycles. The van der Waals surface area contributed by atoms with Gasteiger partial charge in [-0.15, -0.1) is 5.10 Å². The second-order valence-corrected chi connectivity index (χ2v) is 9.44. The van der Waals surface area contributed by atoms with Gasteiger partial charge in [0, 0.05) is 29.2 Å². The first kappa shape index (κ1) is 20.7. The minimum atomic E-state index is -0.456. The Kier molecular flexibility index (Phi) is 4.62. The zero-order chi connectivity index (χ0) is 23.4. The number of hydrogen-bond donors (Lipinski definition) is 1. The third kappa shape index (κ3) is 3.14. The number of nitrogens with one attached hydrogen (secondary N) is 1. The van der Waals surface area contributed by atoms with E-state index in [0.717, 1.165) is 30.5 Å². The Bertz CT molecular complexity index is 1460. The summed E-state index contributed by atoms with van der Waals surface area (Å²) in [5.74, 6) is 1.95. The first-order valence-corrected chi connectivity index (χ1v) is 11.6. The Balaban J connectivity index is 1.58. The van der Waals surface area contributed by atoms with Crippen LogP contribution in [0.1, 0.15) is 50.2 Å². The summed E-state index contributed by atoms with van der Waals surface area (Å²) in [6.07, 6.45) is 1.74. The molecule has 34 heavy (non-hydrogen) atoms. The van der Waals surface area contributed by atoms with E-state index in [1.54, 1.807) is 0 Å². The lowest BCUT2D eigenvalue weighted by Crippen LogP contribution is -2.37. The number of aromatic amines is 1. The second kappa shape index (κ2) is 7.58. The number of benzene rings is 2. The van der Waals surface area contributed by atoms with Crippen LogP contribution >= 0.6 is 0 Å². The van der Waals surface area contributed by atoms with Gasteiger partial charge in [-0.3, -0.25) is 4.79 Å². The maximum atomic E-state index is 13.5. The van der Waals surface area contributed by atoms with Crippen LogP contribution in [0.2, 0.25) is 0 Å². The molecule has 0 amide bonds. The van der Waals surface area contributed by atoms with Crippen LogP contribution in [-0.4, -0.2) is 38.5 Å². The van der Waals surface area contributed by atoms with Crippen molar-refractivity contribution in [1.82, 2.24) is 25.2 Å². The Morgan fingerprint density at radius 1 is 1.15 bits per heavy atom. The number of ether oxygens (including phenoxy) is 2. The minimum Gasteiger partial charge on any atom is -0.454 e. The average molecular weight is 459 g/mol. The molecular formula is C25H26N6O3. The summed E-state index contributed by atoms with van der Waals surface area (Å²) in [5, 5.41) is 13.7. The maximum Gasteiger partial charge on any atom is 0.254 e. The number of tetrazole rings is 1. The molecule has 0 aliphatic carbocycles. The standard InChI is InChI=1S/C25H26N6O3/c1-4-25(2,3)31-23(27-28-29-31)22(30-10-9-15-7-5-6-8-19(15)30)17-11-16-12-20-21(34-14-33-20)13-18(16)26-24(17)32/h5-8,11-13,22H,4,9-10,14H2,1-3H3,(H,26,32). The average Bonchev–Trinajstić information content (AvgIpc) is 3.58. The lowest BCUT2D eigenvalue weighted by Gasteiger charge is -2.32. The summed E-state index contributed by atoms with van der Waals surface area (Å²) < 4.78 is 12.9. The van der Waals surface area contributed by atoms with Crippen LogP contribution in [0, 0.1) is 0 Å². The van der Waals surface area contributed by atoms with E-state index in [4.69, 9.17) is 9.47 Å². The number of aromatic nitrogens is 5. The van der Waals surface area contributed by atoms with Gasteiger partial charge in [-0.1, -0.05) is 25.1 Å². The number of H-pyrrole nitrogens is 1. The van der Waals surface area contributed by atoms with Gasteiger partial charge in [0.15, 0.2) is 17.3 Å². The number of fused-ring (bicyclic) bond motifs is 3. The van der Waals surface area contributed by atoms with Gasteiger partial charge >= 0.3 is 0 Å². The van der Waals surface area contributed by atoms with E-state index in [1.807, 2.05) is 35.0 Å². The van der Waals surface area contributed by atoms with Crippen molar-refractivity contribution in [1.29, 1.82) is 0 Å². The number of nitrogens with zero attached hydrogens (tertiary/aromatic N) is 5. The van der Waals surface area contributed by atoms with Crippen LogP contribution in [0.15, 0.2) is 47.3 Å². The van der Waals surface area contributed by atoms with Crippen LogP contribution in [0.5, 0.6) is 11.5 Å². The molecule has 6 rings (SSSR count). The van der Waals surface area contributed by atoms with Crippen LogP contribution in [0.4, 0.5) is 5.69 Å². The van der Waals surface area contributed by atoms with Crippen molar-refractivity contribution in [3.05, 3.63) is 69.8 Å². The minimum absolute atomic E-state index is 0.176. The Morgan fingerprint density at radius 3 is 2.76 bits per heavy atom. The Hall–Kier alpha value is -3.88. The fourth-order valence-electron chi connectivity index (χ4n) is 4.84. The third-order valence-electron chi connectivity index (χ3n) is 7.07. The summed E-state index contributed by atoms with van der Waals surface area (Å²) in [7, 11) is 0. The monoisotopic (exact) mass is 458 g/mol. The molecule has 174 valence electrons. The lowest BCUT2D eigenvalue weighted by molar-refractivity contribution is 0.174. The summed E-state index contributed by atoms with van der Waals surface area (Å²) in [6, 6.07) is 13.5. The van der Waals surface area contributed by atoms with Gasteiger partial charge in [0.25, 0.3) is 5.56 Å². The number of anilines is 1. The van der Waals surface area contributed by atoms with Gasteiger partial charge in [0.1, 0.15) is 6.04 Å². The van der Waals surface area contributed by atoms with Crippen LogP contribution < -0.4 is 19.9 Å². The lowest BCUT2D eigenvalue weighted by atomic mass is 9.99. The van der Waals surface area contributed by atoms with Crippen LogP contribution in [0.3, 0.4) is 0 Å². The van der Waals surface area contributed by atoms with E-state index in [9.17, 15) is 4.79 Å². The fourth-order valence-corrected chi connectivity index (χ4v) is 4.84. The predicted molar refractivity (Wildman–Crippen MR) is 127 cm³/mol. The van der Waals surface area contributed by atoms with E-state index in [0.29, 0.717) is 28.4 Å². The van der Waals surface area contributed by atoms with Crippen molar-refractivity contribution in [3.63, 3.8) is 0 Å². The normalized spacial score (nSPS) is 15.7. The SMILES string of the molecule is CCC(C)(C)n1nnnc1C(c1cc2cc3c(cc2[nH]c1=O)OCO3)N1CCc2ccccc21. The molecule has 0 fully saturated rings. The highest BCUT2D eigenvalue weighted by Gasteiger charge is 2.37. The number of rotatable bonds is 5. The predicted octanol–water partition coefficient (Wildman–Crippen LogP) is 3.54. The molecule has 0 saturated carbocycles. The van der Waals surface area contributed by atoms with Crippen LogP contribution in [-0.2, 0) is 12.0 Å².